The fourth-order valence-electron chi connectivity index (χ4n) is 4.43. The SMILES string of the molecule is Cc1c(NC(=O)c2nccs2)cccc1-c1ccc(C(N)=O)c2[nH]c(C3=CCN(C=O)CC3)cc12. The molecule has 0 saturated heterocycles. The first-order chi connectivity index (χ1) is 17.0. The molecule has 1 aliphatic heterocycles. The number of rotatable bonds is 6. The Balaban J connectivity index is 1.59. The molecule has 0 radical (unpaired) electrons. The summed E-state index contributed by atoms with van der Waals surface area (Å²) in [6, 6.07) is 11.4. The first-order valence-corrected chi connectivity index (χ1v) is 12.0. The third-order valence-electron chi connectivity index (χ3n) is 6.29. The zero-order chi connectivity index (χ0) is 24.5. The van der Waals surface area contributed by atoms with E-state index in [9.17, 15) is 14.4 Å². The number of fused-ring (bicyclic) bond motifs is 1. The Morgan fingerprint density at radius 2 is 2.09 bits per heavy atom. The lowest BCUT2D eigenvalue weighted by molar-refractivity contribution is -0.117. The van der Waals surface area contributed by atoms with Crippen molar-refractivity contribution in [2.75, 3.05) is 18.4 Å². The Hall–Kier alpha value is -4.24. The molecule has 176 valence electrons. The van der Waals surface area contributed by atoms with E-state index >= 15 is 0 Å². The minimum atomic E-state index is -0.513. The van der Waals surface area contributed by atoms with Gasteiger partial charge < -0.3 is 20.9 Å². The van der Waals surface area contributed by atoms with Gasteiger partial charge in [0, 0.05) is 41.4 Å². The molecule has 35 heavy (non-hydrogen) atoms. The second-order valence-electron chi connectivity index (χ2n) is 8.35. The maximum absolute atomic E-state index is 12.6. The van der Waals surface area contributed by atoms with Gasteiger partial charge in [-0.2, -0.15) is 0 Å². The van der Waals surface area contributed by atoms with Crippen LogP contribution in [0.15, 0.2) is 54.1 Å². The number of nitrogens with two attached hydrogens (primary N) is 1. The molecule has 4 N–H and O–H groups in total. The number of hydrogen-bond donors (Lipinski definition) is 3. The van der Waals surface area contributed by atoms with Crippen molar-refractivity contribution in [1.29, 1.82) is 0 Å². The van der Waals surface area contributed by atoms with Gasteiger partial charge in [0.25, 0.3) is 11.8 Å². The van der Waals surface area contributed by atoms with Gasteiger partial charge in [0.15, 0.2) is 5.01 Å². The topological polar surface area (TPSA) is 121 Å². The van der Waals surface area contributed by atoms with Crippen LogP contribution >= 0.6 is 11.3 Å². The highest BCUT2D eigenvalue weighted by Crippen LogP contribution is 2.37. The number of hydrogen-bond acceptors (Lipinski definition) is 5. The molecule has 0 unspecified atom stereocenters. The monoisotopic (exact) mass is 485 g/mol. The van der Waals surface area contributed by atoms with E-state index in [1.54, 1.807) is 22.5 Å². The molecule has 4 aromatic rings. The standard InChI is InChI=1S/C26H23N5O3S/c1-15-17(3-2-4-21(15)30-25(34)26-28-9-12-35-26)18-5-6-19(24(27)33)23-20(18)13-22(29-23)16-7-10-31(14-32)11-8-16/h2-7,9,12-14,29H,8,10-11H2,1H3,(H2,27,33)(H,30,34). The number of amides is 3. The normalized spacial score (nSPS) is 13.5. The van der Waals surface area contributed by atoms with Crippen LogP contribution in [-0.4, -0.2) is 46.2 Å². The molecular weight excluding hydrogens is 462 g/mol. The van der Waals surface area contributed by atoms with Gasteiger partial charge >= 0.3 is 0 Å². The van der Waals surface area contributed by atoms with Crippen LogP contribution in [0.3, 0.4) is 0 Å². The van der Waals surface area contributed by atoms with Gasteiger partial charge in [-0.05, 0) is 53.8 Å². The number of carbonyl (C=O) groups is 3. The minimum Gasteiger partial charge on any atom is -0.366 e. The quantitative estimate of drug-likeness (QED) is 0.355. The molecule has 3 amide bonds. The highest BCUT2D eigenvalue weighted by atomic mass is 32.1. The van der Waals surface area contributed by atoms with Crippen molar-refractivity contribution in [1.82, 2.24) is 14.9 Å². The number of primary amides is 1. The molecule has 0 fully saturated rings. The first-order valence-electron chi connectivity index (χ1n) is 11.1. The van der Waals surface area contributed by atoms with E-state index < -0.39 is 5.91 Å². The first kappa shape index (κ1) is 22.5. The Bertz CT molecular complexity index is 1490. The Morgan fingerprint density at radius 1 is 1.23 bits per heavy atom. The number of nitrogens with one attached hydrogen (secondary N) is 2. The number of benzene rings is 2. The maximum atomic E-state index is 12.6. The lowest BCUT2D eigenvalue weighted by Crippen LogP contribution is -2.26. The summed E-state index contributed by atoms with van der Waals surface area (Å²) in [6.45, 7) is 3.13. The molecular formula is C26H23N5O3S. The largest absolute Gasteiger partial charge is 0.366 e. The second kappa shape index (κ2) is 9.19. The summed E-state index contributed by atoms with van der Waals surface area (Å²) >= 11 is 1.28. The van der Waals surface area contributed by atoms with Crippen molar-refractivity contribution in [3.05, 3.63) is 75.9 Å². The highest BCUT2D eigenvalue weighted by Gasteiger charge is 2.20. The van der Waals surface area contributed by atoms with E-state index in [0.29, 0.717) is 41.3 Å². The predicted octanol–water partition coefficient (Wildman–Crippen LogP) is 4.20. The van der Waals surface area contributed by atoms with E-state index in [1.807, 2.05) is 43.3 Å². The van der Waals surface area contributed by atoms with Gasteiger partial charge in [-0.3, -0.25) is 14.4 Å². The fourth-order valence-corrected chi connectivity index (χ4v) is 4.96. The number of thiazole rings is 1. The molecule has 8 nitrogen and oxygen atoms in total. The zero-order valence-electron chi connectivity index (χ0n) is 19.0. The molecule has 2 aromatic heterocycles. The number of carbonyl (C=O) groups excluding carboxylic acids is 3. The smallest absolute Gasteiger partial charge is 0.284 e. The average Bonchev–Trinajstić information content (AvgIpc) is 3.55. The van der Waals surface area contributed by atoms with Gasteiger partial charge in [-0.1, -0.05) is 24.3 Å². The molecule has 5 rings (SSSR count). The number of aromatic amines is 1. The number of nitrogens with zero attached hydrogens (tertiary/aromatic N) is 2. The van der Waals surface area contributed by atoms with Crippen LogP contribution in [0, 0.1) is 6.92 Å². The van der Waals surface area contributed by atoms with Gasteiger partial charge in [-0.25, -0.2) is 4.98 Å². The molecule has 9 heteroatoms. The molecule has 0 bridgehead atoms. The van der Waals surface area contributed by atoms with Crippen molar-refractivity contribution in [3.8, 4) is 11.1 Å². The van der Waals surface area contributed by atoms with Gasteiger partial charge in [0.1, 0.15) is 0 Å². The number of anilines is 1. The van der Waals surface area contributed by atoms with Crippen molar-refractivity contribution >= 4 is 51.7 Å². The van der Waals surface area contributed by atoms with Crippen molar-refractivity contribution < 1.29 is 14.4 Å². The Kier molecular flexibility index (Phi) is 5.92. The highest BCUT2D eigenvalue weighted by molar-refractivity contribution is 7.11. The molecule has 0 atom stereocenters. The van der Waals surface area contributed by atoms with Crippen LogP contribution in [0.25, 0.3) is 27.6 Å². The van der Waals surface area contributed by atoms with Crippen LogP contribution in [0.4, 0.5) is 5.69 Å². The predicted molar refractivity (Wildman–Crippen MR) is 137 cm³/mol. The average molecular weight is 486 g/mol. The maximum Gasteiger partial charge on any atom is 0.284 e. The van der Waals surface area contributed by atoms with Crippen molar-refractivity contribution in [3.63, 3.8) is 0 Å². The van der Waals surface area contributed by atoms with Gasteiger partial charge in [0.2, 0.25) is 6.41 Å². The third kappa shape index (κ3) is 4.22. The van der Waals surface area contributed by atoms with Gasteiger partial charge in [-0.15, -0.1) is 11.3 Å². The van der Waals surface area contributed by atoms with Crippen LogP contribution in [-0.2, 0) is 4.79 Å². The minimum absolute atomic E-state index is 0.257. The summed E-state index contributed by atoms with van der Waals surface area (Å²) in [7, 11) is 0. The van der Waals surface area contributed by atoms with Crippen molar-refractivity contribution in [2.24, 2.45) is 5.73 Å². The van der Waals surface area contributed by atoms with Crippen LogP contribution < -0.4 is 11.1 Å². The Labute approximate surface area is 205 Å². The second-order valence-corrected chi connectivity index (χ2v) is 9.24. The van der Waals surface area contributed by atoms with E-state index in [0.717, 1.165) is 39.8 Å². The molecule has 3 heterocycles. The van der Waals surface area contributed by atoms with E-state index in [1.165, 1.54) is 11.3 Å². The number of H-pyrrole nitrogens is 1. The van der Waals surface area contributed by atoms with E-state index in [2.05, 4.69) is 15.3 Å². The lowest BCUT2D eigenvalue weighted by atomic mass is 9.94. The zero-order valence-corrected chi connectivity index (χ0v) is 19.8. The Morgan fingerprint density at radius 3 is 2.77 bits per heavy atom. The summed E-state index contributed by atoms with van der Waals surface area (Å²) in [5.41, 5.74) is 12.2. The van der Waals surface area contributed by atoms with E-state index in [-0.39, 0.29) is 5.91 Å². The number of aromatic nitrogens is 2. The molecule has 1 aliphatic rings. The molecule has 0 saturated carbocycles. The van der Waals surface area contributed by atoms with Crippen molar-refractivity contribution in [2.45, 2.75) is 13.3 Å². The third-order valence-corrected chi connectivity index (χ3v) is 7.07. The molecule has 2 aromatic carbocycles. The molecule has 0 spiro atoms. The molecule has 0 aliphatic carbocycles. The van der Waals surface area contributed by atoms with Crippen LogP contribution in [0.2, 0.25) is 0 Å². The summed E-state index contributed by atoms with van der Waals surface area (Å²) in [5.74, 6) is -0.770. The van der Waals surface area contributed by atoms with Crippen LogP contribution in [0.1, 0.15) is 37.8 Å². The summed E-state index contributed by atoms with van der Waals surface area (Å²) < 4.78 is 0. The van der Waals surface area contributed by atoms with Crippen LogP contribution in [0.5, 0.6) is 0 Å². The van der Waals surface area contributed by atoms with E-state index in [4.69, 9.17) is 5.73 Å². The fraction of sp³-hybridized carbons (Fsp3) is 0.154. The summed E-state index contributed by atoms with van der Waals surface area (Å²) in [5, 5.41) is 5.97. The lowest BCUT2D eigenvalue weighted by Gasteiger charge is -2.21. The summed E-state index contributed by atoms with van der Waals surface area (Å²) in [4.78, 5) is 45.0. The van der Waals surface area contributed by atoms with Gasteiger partial charge in [0.05, 0.1) is 11.1 Å². The summed E-state index contributed by atoms with van der Waals surface area (Å²) in [6.07, 6.45) is 5.18.